The van der Waals surface area contributed by atoms with Gasteiger partial charge in [-0.3, -0.25) is 4.98 Å². The van der Waals surface area contributed by atoms with Gasteiger partial charge in [0, 0.05) is 36.3 Å². The first kappa shape index (κ1) is 22.6. The van der Waals surface area contributed by atoms with Gasteiger partial charge in [-0.1, -0.05) is 26.0 Å². The molecule has 5 heteroatoms. The van der Waals surface area contributed by atoms with Crippen LogP contribution in [0.4, 0.5) is 10.2 Å². The Bertz CT molecular complexity index is 879. The van der Waals surface area contributed by atoms with Gasteiger partial charge in [0.05, 0.1) is 0 Å². The lowest BCUT2D eigenvalue weighted by Crippen LogP contribution is -2.19. The van der Waals surface area contributed by atoms with Crippen molar-refractivity contribution in [3.63, 3.8) is 0 Å². The average molecular weight is 397 g/mol. The molecule has 0 aliphatic rings. The molecule has 0 atom stereocenters. The smallest absolute Gasteiger partial charge is 0.123 e. The molecule has 2 aromatic heterocycles. The van der Waals surface area contributed by atoms with E-state index < -0.39 is 0 Å². The zero-order chi connectivity index (χ0) is 21.4. The minimum Gasteiger partial charge on any atom is -0.385 e. The second-order valence-electron chi connectivity index (χ2n) is 7.33. The number of halogens is 1. The third-order valence-corrected chi connectivity index (χ3v) is 5.04. The molecule has 29 heavy (non-hydrogen) atoms. The molecule has 0 unspecified atom stereocenters. The molecule has 4 nitrogen and oxygen atoms in total. The summed E-state index contributed by atoms with van der Waals surface area (Å²) in [6.07, 6.45) is 6.06. The SMILES string of the molecule is CCCN(C)CCC.Cc1c(-c2ccncc2)c(-c2ccc(F)cc2)c(N)n1C. The van der Waals surface area contributed by atoms with Gasteiger partial charge in [0.25, 0.3) is 0 Å². The number of anilines is 1. The highest BCUT2D eigenvalue weighted by molar-refractivity contribution is 5.92. The van der Waals surface area contributed by atoms with E-state index in [0.717, 1.165) is 27.9 Å². The van der Waals surface area contributed by atoms with Crippen molar-refractivity contribution < 1.29 is 4.39 Å². The number of hydrogen-bond acceptors (Lipinski definition) is 3. The van der Waals surface area contributed by atoms with Gasteiger partial charge in [0.15, 0.2) is 0 Å². The fourth-order valence-corrected chi connectivity index (χ4v) is 3.48. The van der Waals surface area contributed by atoms with Gasteiger partial charge in [-0.15, -0.1) is 0 Å². The van der Waals surface area contributed by atoms with Crippen LogP contribution in [-0.2, 0) is 7.05 Å². The molecule has 0 radical (unpaired) electrons. The number of nitrogen functional groups attached to an aromatic ring is 1. The maximum atomic E-state index is 13.2. The van der Waals surface area contributed by atoms with Crippen LogP contribution in [-0.4, -0.2) is 34.6 Å². The summed E-state index contributed by atoms with van der Waals surface area (Å²) in [5.74, 6) is 0.418. The maximum Gasteiger partial charge on any atom is 0.123 e. The molecule has 0 spiro atoms. The molecule has 2 N–H and O–H groups in total. The molecule has 2 heterocycles. The second kappa shape index (κ2) is 10.8. The van der Waals surface area contributed by atoms with Crippen LogP contribution in [0.25, 0.3) is 22.3 Å². The fourth-order valence-electron chi connectivity index (χ4n) is 3.48. The van der Waals surface area contributed by atoms with Crippen LogP contribution < -0.4 is 5.73 Å². The Morgan fingerprint density at radius 3 is 1.97 bits per heavy atom. The molecule has 0 amide bonds. The van der Waals surface area contributed by atoms with Gasteiger partial charge < -0.3 is 15.2 Å². The van der Waals surface area contributed by atoms with E-state index in [1.807, 2.05) is 30.7 Å². The third-order valence-electron chi connectivity index (χ3n) is 5.04. The molecule has 1 aromatic carbocycles. The summed E-state index contributed by atoms with van der Waals surface area (Å²) in [5.41, 5.74) is 11.3. The number of benzene rings is 1. The highest BCUT2D eigenvalue weighted by Crippen LogP contribution is 2.40. The first-order valence-electron chi connectivity index (χ1n) is 10.2. The molecular formula is C24H33FN4. The molecule has 0 aliphatic carbocycles. The number of pyridine rings is 1. The van der Waals surface area contributed by atoms with E-state index in [1.54, 1.807) is 24.5 Å². The fraction of sp³-hybridized carbons (Fsp3) is 0.375. The van der Waals surface area contributed by atoms with E-state index in [-0.39, 0.29) is 5.82 Å². The largest absolute Gasteiger partial charge is 0.385 e. The Morgan fingerprint density at radius 2 is 1.45 bits per heavy atom. The van der Waals surface area contributed by atoms with Gasteiger partial charge in [-0.05, 0) is 75.3 Å². The van der Waals surface area contributed by atoms with Crippen LogP contribution in [0.3, 0.4) is 0 Å². The highest BCUT2D eigenvalue weighted by atomic mass is 19.1. The zero-order valence-electron chi connectivity index (χ0n) is 18.2. The minimum absolute atomic E-state index is 0.254. The van der Waals surface area contributed by atoms with Crippen LogP contribution >= 0.6 is 0 Å². The normalized spacial score (nSPS) is 10.7. The van der Waals surface area contributed by atoms with Crippen molar-refractivity contribution in [2.75, 3.05) is 25.9 Å². The van der Waals surface area contributed by atoms with Crippen LogP contribution in [0.15, 0.2) is 48.8 Å². The van der Waals surface area contributed by atoms with E-state index in [0.29, 0.717) is 5.82 Å². The number of rotatable bonds is 6. The Morgan fingerprint density at radius 1 is 0.931 bits per heavy atom. The molecule has 0 saturated heterocycles. The Balaban J connectivity index is 0.000000321. The summed E-state index contributed by atoms with van der Waals surface area (Å²) in [6.45, 7) is 8.94. The number of aromatic nitrogens is 2. The Hall–Kier alpha value is -2.66. The summed E-state index contributed by atoms with van der Waals surface area (Å²) in [6, 6.07) is 10.3. The van der Waals surface area contributed by atoms with Crippen LogP contribution in [0.5, 0.6) is 0 Å². The first-order chi connectivity index (χ1) is 13.9. The van der Waals surface area contributed by atoms with Crippen molar-refractivity contribution in [3.8, 4) is 22.3 Å². The van der Waals surface area contributed by atoms with Crippen molar-refractivity contribution in [3.05, 3.63) is 60.3 Å². The van der Waals surface area contributed by atoms with Crippen molar-refractivity contribution in [2.24, 2.45) is 7.05 Å². The topological polar surface area (TPSA) is 47.1 Å². The summed E-state index contributed by atoms with van der Waals surface area (Å²) >= 11 is 0. The number of hydrogen-bond donors (Lipinski definition) is 1. The number of nitrogens with two attached hydrogens (primary N) is 1. The molecule has 0 saturated carbocycles. The maximum absolute atomic E-state index is 13.2. The van der Waals surface area contributed by atoms with Gasteiger partial charge in [0.1, 0.15) is 11.6 Å². The van der Waals surface area contributed by atoms with Gasteiger partial charge in [-0.2, -0.15) is 0 Å². The lowest BCUT2D eigenvalue weighted by Gasteiger charge is -2.12. The lowest BCUT2D eigenvalue weighted by molar-refractivity contribution is 0.335. The van der Waals surface area contributed by atoms with Crippen molar-refractivity contribution in [2.45, 2.75) is 33.6 Å². The summed E-state index contributed by atoms with van der Waals surface area (Å²) in [4.78, 5) is 6.42. The summed E-state index contributed by atoms with van der Waals surface area (Å²) < 4.78 is 15.1. The van der Waals surface area contributed by atoms with E-state index in [9.17, 15) is 4.39 Å². The van der Waals surface area contributed by atoms with Crippen LogP contribution in [0.2, 0.25) is 0 Å². The van der Waals surface area contributed by atoms with E-state index in [2.05, 4.69) is 30.8 Å². The van der Waals surface area contributed by atoms with Crippen LogP contribution in [0, 0.1) is 12.7 Å². The lowest BCUT2D eigenvalue weighted by atomic mass is 9.97. The zero-order valence-corrected chi connectivity index (χ0v) is 18.2. The van der Waals surface area contributed by atoms with E-state index in [4.69, 9.17) is 5.73 Å². The molecule has 3 rings (SSSR count). The minimum atomic E-state index is -0.254. The first-order valence-corrected chi connectivity index (χ1v) is 10.2. The van der Waals surface area contributed by atoms with Gasteiger partial charge in [-0.25, -0.2) is 4.39 Å². The third kappa shape index (κ3) is 5.67. The molecule has 0 fully saturated rings. The molecule has 156 valence electrons. The summed E-state index contributed by atoms with van der Waals surface area (Å²) in [5, 5.41) is 0. The van der Waals surface area contributed by atoms with E-state index >= 15 is 0 Å². The highest BCUT2D eigenvalue weighted by Gasteiger charge is 2.19. The average Bonchev–Trinajstić information content (AvgIpc) is 2.94. The number of nitrogens with zero attached hydrogens (tertiary/aromatic N) is 3. The summed E-state index contributed by atoms with van der Waals surface area (Å²) in [7, 11) is 4.11. The quantitative estimate of drug-likeness (QED) is 0.596. The molecule has 0 bridgehead atoms. The van der Waals surface area contributed by atoms with Gasteiger partial charge >= 0.3 is 0 Å². The van der Waals surface area contributed by atoms with Gasteiger partial charge in [0.2, 0.25) is 0 Å². The molecule has 3 aromatic rings. The van der Waals surface area contributed by atoms with Crippen LogP contribution in [0.1, 0.15) is 32.4 Å². The van der Waals surface area contributed by atoms with Crippen molar-refractivity contribution in [1.82, 2.24) is 14.5 Å². The Kier molecular flexibility index (Phi) is 8.40. The van der Waals surface area contributed by atoms with Crippen molar-refractivity contribution in [1.29, 1.82) is 0 Å². The monoisotopic (exact) mass is 396 g/mol. The second-order valence-corrected chi connectivity index (χ2v) is 7.33. The molecular weight excluding hydrogens is 363 g/mol. The van der Waals surface area contributed by atoms with Crippen molar-refractivity contribution >= 4 is 5.82 Å². The standard InChI is InChI=1S/C17H16FN3.C7H17N/c1-11-15(13-7-9-20-10-8-13)16(17(19)21(11)2)12-3-5-14(18)6-4-12;1-4-6-8(3)7-5-2/h3-10H,19H2,1-2H3;4-7H2,1-3H3. The molecule has 0 aliphatic heterocycles. The van der Waals surface area contributed by atoms with E-state index in [1.165, 1.54) is 38.1 Å². The Labute approximate surface area is 174 Å². The predicted molar refractivity (Wildman–Crippen MR) is 121 cm³/mol. The predicted octanol–water partition coefficient (Wildman–Crippen LogP) is 5.52.